The predicted octanol–water partition coefficient (Wildman–Crippen LogP) is 19.2. The van der Waals surface area contributed by atoms with Crippen LogP contribution in [0.2, 0.25) is 0 Å². The molecule has 0 saturated heterocycles. The van der Waals surface area contributed by atoms with Gasteiger partial charge in [-0.3, -0.25) is 32.5 Å². The first-order chi connectivity index (χ1) is 44.2. The summed E-state index contributed by atoms with van der Waals surface area (Å²) in [5.74, 6) is -1.65. The Kier molecular flexibility index (Phi) is 62.6. The summed E-state index contributed by atoms with van der Waals surface area (Å²) in [6.45, 7) is 2.37. The molecule has 5 unspecified atom stereocenters. The van der Waals surface area contributed by atoms with Crippen molar-refractivity contribution in [2.45, 2.75) is 270 Å². The SMILES string of the molecule is CC/C=C\C/C=C\C/C=C\C/C=C\C/C=C\CCCCCC(=O)OCC(COP(=O)(O)OCC(O)COP(=O)(O)OCC(O)COC(=O)CCCCCCCCC/C=C\C/C=C\C/C=C\C/C=C\CCCCC)OC(=O)CCCCCCC/C=C\C/C=C\CCC. The van der Waals surface area contributed by atoms with Crippen LogP contribution in [0.1, 0.15) is 252 Å². The first-order valence-corrected chi connectivity index (χ1v) is 37.5. The van der Waals surface area contributed by atoms with Crippen LogP contribution < -0.4 is 0 Å². The number of ether oxygens (including phenoxy) is 3. The standard InChI is InChI=1S/C73H122O16P2/c1-4-7-10-13-16-19-22-25-27-29-31-32-33-34-36-38-39-42-44-47-50-53-56-59-71(76)83-62-68(74)63-85-90(79,80)86-64-69(75)65-87-91(81,82)88-67-70(89-73(78)61-58-55-52-49-46-41-24-21-18-15-12-9-6-3)66-84-72(77)60-57-54-51-48-45-43-40-37-35-30-28-26-23-20-17-14-11-8-5-2/h8,11-12,15-17,19-21,24-28,31-32,34-37,43,45,68-70,74-75H,4-7,9-10,13-14,18,22-23,29-30,33,38-42,44,46-67H2,1-3H3,(H,79,80)(H,81,82)/b11-8-,15-12-,19-16-,20-17-,24-21-,27-25-,28-26-,32-31-,36-34-,37-35-,45-43-. The fourth-order valence-electron chi connectivity index (χ4n) is 8.56. The third kappa shape index (κ3) is 66.9. The number of carbonyl (C=O) groups excluding carboxylic acids is 3. The highest BCUT2D eigenvalue weighted by Gasteiger charge is 2.29. The Balaban J connectivity index is 4.66. The van der Waals surface area contributed by atoms with Gasteiger partial charge >= 0.3 is 33.6 Å². The number of unbranched alkanes of at least 4 members (excludes halogenated alkanes) is 19. The number of esters is 3. The zero-order chi connectivity index (χ0) is 66.7. The first kappa shape index (κ1) is 86.7. The number of aliphatic hydroxyl groups is 2. The quantitative estimate of drug-likeness (QED) is 0.0146. The van der Waals surface area contributed by atoms with Crippen LogP contribution in [0.4, 0.5) is 0 Å². The Hall–Kier alpha value is -4.31. The molecule has 0 radical (unpaired) electrons. The van der Waals surface area contributed by atoms with Crippen molar-refractivity contribution in [3.8, 4) is 0 Å². The number of carbonyl (C=O) groups is 3. The molecular formula is C73H122O16P2. The molecule has 0 amide bonds. The van der Waals surface area contributed by atoms with Crippen molar-refractivity contribution >= 4 is 33.6 Å². The van der Waals surface area contributed by atoms with E-state index in [1.165, 1.54) is 25.7 Å². The molecule has 0 saturated carbocycles. The lowest BCUT2D eigenvalue weighted by Gasteiger charge is -2.21. The highest BCUT2D eigenvalue weighted by molar-refractivity contribution is 7.47. The van der Waals surface area contributed by atoms with Gasteiger partial charge < -0.3 is 34.2 Å². The van der Waals surface area contributed by atoms with E-state index >= 15 is 0 Å². The Labute approximate surface area is 550 Å². The number of hydrogen-bond donors (Lipinski definition) is 4. The van der Waals surface area contributed by atoms with Gasteiger partial charge in [-0.15, -0.1) is 0 Å². The van der Waals surface area contributed by atoms with E-state index in [-0.39, 0.29) is 19.3 Å². The van der Waals surface area contributed by atoms with Crippen molar-refractivity contribution in [1.82, 2.24) is 0 Å². The van der Waals surface area contributed by atoms with Gasteiger partial charge in [0.1, 0.15) is 25.4 Å². The fraction of sp³-hybridized carbons (Fsp3) is 0.658. The summed E-state index contributed by atoms with van der Waals surface area (Å²) in [7, 11) is -9.80. The van der Waals surface area contributed by atoms with E-state index < -0.39 is 91.5 Å². The second-order valence-corrected chi connectivity index (χ2v) is 25.5. The van der Waals surface area contributed by atoms with E-state index in [1.54, 1.807) is 0 Å². The van der Waals surface area contributed by atoms with Gasteiger partial charge in [0, 0.05) is 19.3 Å². The highest BCUT2D eigenvalue weighted by Crippen LogP contribution is 2.45. The number of hydrogen-bond acceptors (Lipinski definition) is 14. The molecular weight excluding hydrogens is 1190 g/mol. The highest BCUT2D eigenvalue weighted by atomic mass is 31.2. The summed E-state index contributed by atoms with van der Waals surface area (Å²) >= 11 is 0. The fourth-order valence-corrected chi connectivity index (χ4v) is 10.1. The minimum Gasteiger partial charge on any atom is -0.463 e. The number of phosphoric ester groups is 2. The molecule has 0 fully saturated rings. The third-order valence-electron chi connectivity index (χ3n) is 13.8. The van der Waals surface area contributed by atoms with Gasteiger partial charge in [0.25, 0.3) is 0 Å². The smallest absolute Gasteiger partial charge is 0.463 e. The summed E-state index contributed by atoms with van der Waals surface area (Å²) in [5.41, 5.74) is 0. The van der Waals surface area contributed by atoms with E-state index in [4.69, 9.17) is 32.3 Å². The van der Waals surface area contributed by atoms with Crippen molar-refractivity contribution in [3.05, 3.63) is 134 Å². The van der Waals surface area contributed by atoms with Gasteiger partial charge in [-0.25, -0.2) is 9.13 Å². The van der Waals surface area contributed by atoms with Crippen molar-refractivity contribution in [3.63, 3.8) is 0 Å². The average molecular weight is 1320 g/mol. The zero-order valence-corrected chi connectivity index (χ0v) is 58.0. The van der Waals surface area contributed by atoms with Crippen molar-refractivity contribution in [2.75, 3.05) is 39.6 Å². The first-order valence-electron chi connectivity index (χ1n) is 34.5. The molecule has 4 N–H and O–H groups in total. The Bertz CT molecular complexity index is 2190. The normalized spacial score (nSPS) is 15.0. The monoisotopic (exact) mass is 1320 g/mol. The minimum absolute atomic E-state index is 0.0762. The summed E-state index contributed by atoms with van der Waals surface area (Å²) in [6, 6.07) is 0. The molecule has 0 aromatic rings. The summed E-state index contributed by atoms with van der Waals surface area (Å²) in [6.07, 6.45) is 76.5. The van der Waals surface area contributed by atoms with E-state index in [1.807, 2.05) is 0 Å². The largest absolute Gasteiger partial charge is 0.472 e. The molecule has 0 aliphatic rings. The van der Waals surface area contributed by atoms with Crippen LogP contribution in [0.25, 0.3) is 0 Å². The van der Waals surface area contributed by atoms with Gasteiger partial charge in [-0.1, -0.05) is 231 Å². The van der Waals surface area contributed by atoms with E-state index in [0.29, 0.717) is 19.3 Å². The number of phosphoric acid groups is 2. The van der Waals surface area contributed by atoms with Gasteiger partial charge in [0.15, 0.2) is 6.10 Å². The zero-order valence-electron chi connectivity index (χ0n) is 56.2. The lowest BCUT2D eigenvalue weighted by Crippen LogP contribution is -2.30. The lowest BCUT2D eigenvalue weighted by atomic mass is 10.1. The molecule has 0 aromatic carbocycles. The van der Waals surface area contributed by atoms with Crippen LogP contribution in [0.15, 0.2) is 134 Å². The second kappa shape index (κ2) is 65.7. The molecule has 0 aromatic heterocycles. The predicted molar refractivity (Wildman–Crippen MR) is 371 cm³/mol. The van der Waals surface area contributed by atoms with Gasteiger partial charge in [-0.05, 0) is 135 Å². The maximum atomic E-state index is 12.9. The second-order valence-electron chi connectivity index (χ2n) is 22.6. The molecule has 5 atom stereocenters. The van der Waals surface area contributed by atoms with Crippen LogP contribution in [-0.4, -0.2) is 95.9 Å². The topological polar surface area (TPSA) is 231 Å². The number of allylic oxidation sites excluding steroid dienone is 22. The Morgan fingerprint density at radius 3 is 0.978 bits per heavy atom. The maximum Gasteiger partial charge on any atom is 0.472 e. The summed E-state index contributed by atoms with van der Waals surface area (Å²) in [5, 5.41) is 20.5. The van der Waals surface area contributed by atoms with E-state index in [9.17, 15) is 43.5 Å². The molecule has 0 aliphatic heterocycles. The number of aliphatic hydroxyl groups excluding tert-OH is 2. The van der Waals surface area contributed by atoms with Crippen LogP contribution in [0, 0.1) is 0 Å². The molecule has 0 rings (SSSR count). The van der Waals surface area contributed by atoms with Crippen molar-refractivity contribution < 1.29 is 75.8 Å². The summed E-state index contributed by atoms with van der Waals surface area (Å²) < 4.78 is 60.8. The summed E-state index contributed by atoms with van der Waals surface area (Å²) in [4.78, 5) is 58.4. The maximum absolute atomic E-state index is 12.9. The molecule has 91 heavy (non-hydrogen) atoms. The molecule has 16 nitrogen and oxygen atoms in total. The third-order valence-corrected chi connectivity index (χ3v) is 15.7. The Morgan fingerprint density at radius 1 is 0.319 bits per heavy atom. The molecule has 18 heteroatoms. The average Bonchev–Trinajstić information content (AvgIpc) is 3.74. The van der Waals surface area contributed by atoms with E-state index in [2.05, 4.69) is 154 Å². The molecule has 520 valence electrons. The van der Waals surface area contributed by atoms with Crippen LogP contribution >= 0.6 is 15.6 Å². The van der Waals surface area contributed by atoms with Crippen LogP contribution in [0.3, 0.4) is 0 Å². The van der Waals surface area contributed by atoms with E-state index in [0.717, 1.165) is 167 Å². The van der Waals surface area contributed by atoms with Crippen LogP contribution in [-0.2, 0) is 55.8 Å². The van der Waals surface area contributed by atoms with Gasteiger partial charge in [0.05, 0.1) is 26.4 Å². The minimum atomic E-state index is -4.94. The van der Waals surface area contributed by atoms with Gasteiger partial charge in [0.2, 0.25) is 0 Å². The lowest BCUT2D eigenvalue weighted by molar-refractivity contribution is -0.161. The van der Waals surface area contributed by atoms with Gasteiger partial charge in [-0.2, -0.15) is 0 Å². The van der Waals surface area contributed by atoms with Crippen LogP contribution in [0.5, 0.6) is 0 Å². The Morgan fingerprint density at radius 2 is 0.604 bits per heavy atom. The number of rotatable bonds is 64. The van der Waals surface area contributed by atoms with Crippen molar-refractivity contribution in [2.24, 2.45) is 0 Å². The molecule has 0 aliphatic carbocycles. The molecule has 0 heterocycles. The molecule has 0 bridgehead atoms. The van der Waals surface area contributed by atoms with Crippen molar-refractivity contribution in [1.29, 1.82) is 0 Å². The molecule has 0 spiro atoms.